The number of anilines is 2. The van der Waals surface area contributed by atoms with Gasteiger partial charge in [0.2, 0.25) is 11.9 Å². The minimum atomic E-state index is 0.144. The zero-order valence-electron chi connectivity index (χ0n) is 9.80. The lowest BCUT2D eigenvalue weighted by Gasteiger charge is -2.16. The number of nitrogens with two attached hydrogens (primary N) is 1. The number of nitrogen functional groups attached to an aromatic ring is 1. The van der Waals surface area contributed by atoms with Crippen LogP contribution in [0.4, 0.5) is 11.9 Å². The number of methoxy groups -OCH3 is 1. The van der Waals surface area contributed by atoms with Crippen LogP contribution in [0.5, 0.6) is 6.01 Å². The summed E-state index contributed by atoms with van der Waals surface area (Å²) in [6.45, 7) is 3.93. The molecule has 0 fully saturated rings. The Kier molecular flexibility index (Phi) is 4.71. The van der Waals surface area contributed by atoms with Gasteiger partial charge in [-0.2, -0.15) is 15.0 Å². The molecule has 16 heavy (non-hydrogen) atoms. The van der Waals surface area contributed by atoms with Crippen LogP contribution >= 0.6 is 0 Å². The van der Waals surface area contributed by atoms with Gasteiger partial charge in [-0.1, -0.05) is 0 Å². The molecule has 1 rings (SSSR count). The zero-order chi connectivity index (χ0) is 12.0. The first-order chi connectivity index (χ1) is 7.67. The highest BCUT2D eigenvalue weighted by atomic mass is 16.5. The summed E-state index contributed by atoms with van der Waals surface area (Å²) >= 11 is 0. The molecule has 1 aromatic rings. The number of aromatic nitrogens is 3. The highest BCUT2D eigenvalue weighted by Gasteiger charge is 2.08. The van der Waals surface area contributed by atoms with Crippen LogP contribution in [-0.4, -0.2) is 48.9 Å². The van der Waals surface area contributed by atoms with Crippen molar-refractivity contribution in [3.05, 3.63) is 0 Å². The predicted octanol–water partition coefficient (Wildman–Crippen LogP) is -0.0649. The molecule has 0 aliphatic carbocycles. The minimum absolute atomic E-state index is 0.144. The molecular weight excluding hydrogens is 210 g/mol. The van der Waals surface area contributed by atoms with Gasteiger partial charge in [0.1, 0.15) is 0 Å². The molecule has 1 heterocycles. The van der Waals surface area contributed by atoms with Gasteiger partial charge in [-0.05, 0) is 6.92 Å². The first-order valence-electron chi connectivity index (χ1n) is 5.01. The van der Waals surface area contributed by atoms with Crippen LogP contribution in [0.1, 0.15) is 6.92 Å². The standard InChI is InChI=1S/C9H17N5O2/c1-4-16-6-5-14(2)8-11-7(10)12-9(13-8)15-3/h4-6H2,1-3H3,(H2,10,11,12,13). The summed E-state index contributed by atoms with van der Waals surface area (Å²) < 4.78 is 10.1. The number of rotatable bonds is 6. The van der Waals surface area contributed by atoms with Crippen LogP contribution in [0.25, 0.3) is 0 Å². The van der Waals surface area contributed by atoms with Crippen molar-refractivity contribution in [2.75, 3.05) is 44.5 Å². The fourth-order valence-corrected chi connectivity index (χ4v) is 1.07. The monoisotopic (exact) mass is 227 g/mol. The first-order valence-corrected chi connectivity index (χ1v) is 5.01. The topological polar surface area (TPSA) is 86.4 Å². The molecule has 0 aliphatic heterocycles. The third-order valence-corrected chi connectivity index (χ3v) is 1.92. The molecule has 0 bridgehead atoms. The first kappa shape index (κ1) is 12.4. The van der Waals surface area contributed by atoms with Gasteiger partial charge in [-0.15, -0.1) is 0 Å². The molecule has 0 atom stereocenters. The lowest BCUT2D eigenvalue weighted by molar-refractivity contribution is 0.154. The zero-order valence-corrected chi connectivity index (χ0v) is 9.80. The molecule has 0 aromatic carbocycles. The number of likely N-dealkylation sites (N-methyl/N-ethyl adjacent to an activating group) is 1. The van der Waals surface area contributed by atoms with Gasteiger partial charge >= 0.3 is 6.01 Å². The largest absolute Gasteiger partial charge is 0.467 e. The van der Waals surface area contributed by atoms with Gasteiger partial charge in [0.25, 0.3) is 0 Å². The average Bonchev–Trinajstić information content (AvgIpc) is 2.28. The molecular formula is C9H17N5O2. The van der Waals surface area contributed by atoms with Gasteiger partial charge in [-0.25, -0.2) is 0 Å². The Balaban J connectivity index is 2.66. The second-order valence-corrected chi connectivity index (χ2v) is 3.10. The van der Waals surface area contributed by atoms with Crippen LogP contribution in [0.3, 0.4) is 0 Å². The van der Waals surface area contributed by atoms with E-state index in [1.165, 1.54) is 7.11 Å². The summed E-state index contributed by atoms with van der Waals surface area (Å²) in [6, 6.07) is 0.214. The molecule has 0 aliphatic rings. The van der Waals surface area contributed by atoms with E-state index in [0.29, 0.717) is 25.7 Å². The van der Waals surface area contributed by atoms with Crippen molar-refractivity contribution in [2.45, 2.75) is 6.92 Å². The number of hydrogen-bond donors (Lipinski definition) is 1. The van der Waals surface area contributed by atoms with E-state index in [4.69, 9.17) is 15.2 Å². The van der Waals surface area contributed by atoms with Gasteiger partial charge in [0, 0.05) is 20.2 Å². The Hall–Kier alpha value is -1.63. The SMILES string of the molecule is CCOCCN(C)c1nc(N)nc(OC)n1. The number of hydrogen-bond acceptors (Lipinski definition) is 7. The van der Waals surface area contributed by atoms with Crippen LogP contribution < -0.4 is 15.4 Å². The summed E-state index contributed by atoms with van der Waals surface area (Å²) in [6.07, 6.45) is 0. The van der Waals surface area contributed by atoms with Crippen LogP contribution in [0.15, 0.2) is 0 Å². The van der Waals surface area contributed by atoms with Crippen molar-refractivity contribution >= 4 is 11.9 Å². The molecule has 0 radical (unpaired) electrons. The second-order valence-electron chi connectivity index (χ2n) is 3.10. The normalized spacial score (nSPS) is 10.2. The molecule has 2 N–H and O–H groups in total. The third kappa shape index (κ3) is 3.50. The molecule has 0 saturated heterocycles. The fraction of sp³-hybridized carbons (Fsp3) is 0.667. The van der Waals surface area contributed by atoms with E-state index in [1.54, 1.807) is 0 Å². The van der Waals surface area contributed by atoms with E-state index < -0.39 is 0 Å². The van der Waals surface area contributed by atoms with E-state index >= 15 is 0 Å². The molecule has 7 nitrogen and oxygen atoms in total. The lowest BCUT2D eigenvalue weighted by Crippen LogP contribution is -2.25. The third-order valence-electron chi connectivity index (χ3n) is 1.92. The van der Waals surface area contributed by atoms with E-state index in [-0.39, 0.29) is 12.0 Å². The van der Waals surface area contributed by atoms with Crippen molar-refractivity contribution < 1.29 is 9.47 Å². The average molecular weight is 227 g/mol. The molecule has 90 valence electrons. The highest BCUT2D eigenvalue weighted by Crippen LogP contribution is 2.11. The summed E-state index contributed by atoms with van der Waals surface area (Å²) in [7, 11) is 3.34. The Bertz CT molecular complexity index is 334. The van der Waals surface area contributed by atoms with Gasteiger partial charge in [-0.3, -0.25) is 0 Å². The molecule has 1 aromatic heterocycles. The smallest absolute Gasteiger partial charge is 0.322 e. The Morgan fingerprint density at radius 2 is 2.06 bits per heavy atom. The van der Waals surface area contributed by atoms with Crippen molar-refractivity contribution in [1.82, 2.24) is 15.0 Å². The van der Waals surface area contributed by atoms with Crippen LogP contribution in [0, 0.1) is 0 Å². The fourth-order valence-electron chi connectivity index (χ4n) is 1.07. The quantitative estimate of drug-likeness (QED) is 0.681. The van der Waals surface area contributed by atoms with Crippen LogP contribution in [-0.2, 0) is 4.74 Å². The molecule has 0 spiro atoms. The maximum atomic E-state index is 5.53. The Labute approximate surface area is 94.6 Å². The molecule has 0 saturated carbocycles. The van der Waals surface area contributed by atoms with Gasteiger partial charge < -0.3 is 20.1 Å². The number of ether oxygens (including phenoxy) is 2. The lowest BCUT2D eigenvalue weighted by atomic mass is 10.6. The molecule has 0 amide bonds. The molecule has 7 heteroatoms. The van der Waals surface area contributed by atoms with E-state index in [0.717, 1.165) is 0 Å². The highest BCUT2D eigenvalue weighted by molar-refractivity contribution is 5.34. The predicted molar refractivity (Wildman–Crippen MR) is 60.6 cm³/mol. The Morgan fingerprint density at radius 3 is 2.69 bits per heavy atom. The van der Waals surface area contributed by atoms with Crippen molar-refractivity contribution in [1.29, 1.82) is 0 Å². The summed E-state index contributed by atoms with van der Waals surface area (Å²) in [5, 5.41) is 0. The van der Waals surface area contributed by atoms with Crippen molar-refractivity contribution in [3.8, 4) is 6.01 Å². The van der Waals surface area contributed by atoms with Crippen molar-refractivity contribution in [2.24, 2.45) is 0 Å². The van der Waals surface area contributed by atoms with E-state index in [9.17, 15) is 0 Å². The van der Waals surface area contributed by atoms with Crippen LogP contribution in [0.2, 0.25) is 0 Å². The summed E-state index contributed by atoms with van der Waals surface area (Å²) in [4.78, 5) is 13.7. The van der Waals surface area contributed by atoms with Gasteiger partial charge in [0.15, 0.2) is 0 Å². The molecule has 0 unspecified atom stereocenters. The maximum Gasteiger partial charge on any atom is 0.322 e. The Morgan fingerprint density at radius 1 is 1.31 bits per heavy atom. The number of nitrogens with zero attached hydrogens (tertiary/aromatic N) is 4. The maximum absolute atomic E-state index is 5.53. The second kappa shape index (κ2) is 6.06. The van der Waals surface area contributed by atoms with Gasteiger partial charge in [0.05, 0.1) is 13.7 Å². The van der Waals surface area contributed by atoms with Crippen molar-refractivity contribution in [3.63, 3.8) is 0 Å². The summed E-state index contributed by atoms with van der Waals surface area (Å²) in [5.41, 5.74) is 5.53. The van der Waals surface area contributed by atoms with E-state index in [1.807, 2.05) is 18.9 Å². The minimum Gasteiger partial charge on any atom is -0.467 e. The van der Waals surface area contributed by atoms with E-state index in [2.05, 4.69) is 15.0 Å². The summed E-state index contributed by atoms with van der Waals surface area (Å²) in [5.74, 6) is 0.620.